The second-order valence-electron chi connectivity index (χ2n) is 3.32. The highest BCUT2D eigenvalue weighted by Gasteiger charge is 2.09. The Kier molecular flexibility index (Phi) is 2.66. The Bertz CT molecular complexity index is 619. The minimum Gasteiger partial charge on any atom is -0.355 e. The summed E-state index contributed by atoms with van der Waals surface area (Å²) in [6.45, 7) is 0. The molecule has 2 N–H and O–H groups in total. The first-order chi connectivity index (χ1) is 7.61. The zero-order chi connectivity index (χ0) is 11.7. The van der Waals surface area contributed by atoms with E-state index in [1.807, 2.05) is 0 Å². The van der Waals surface area contributed by atoms with Crippen LogP contribution in [0.2, 0.25) is 5.02 Å². The number of aromatic nitrogens is 1. The van der Waals surface area contributed by atoms with Crippen LogP contribution in [0, 0.1) is 0 Å². The van der Waals surface area contributed by atoms with Crippen molar-refractivity contribution in [1.29, 1.82) is 0 Å². The van der Waals surface area contributed by atoms with Crippen LogP contribution in [0.5, 0.6) is 0 Å². The molecule has 0 bridgehead atoms. The van der Waals surface area contributed by atoms with E-state index in [9.17, 15) is 9.59 Å². The molecule has 1 aromatic heterocycles. The van der Waals surface area contributed by atoms with E-state index in [-0.39, 0.29) is 5.56 Å². The lowest BCUT2D eigenvalue weighted by Crippen LogP contribution is -2.26. The van der Waals surface area contributed by atoms with Crippen LogP contribution in [-0.4, -0.2) is 17.9 Å². The molecule has 0 spiro atoms. The monoisotopic (exact) mass is 236 g/mol. The van der Waals surface area contributed by atoms with Crippen LogP contribution in [0.25, 0.3) is 10.9 Å². The molecule has 0 atom stereocenters. The largest absolute Gasteiger partial charge is 0.355 e. The summed E-state index contributed by atoms with van der Waals surface area (Å²) in [5.74, 6) is -0.405. The van der Waals surface area contributed by atoms with Gasteiger partial charge >= 0.3 is 0 Å². The van der Waals surface area contributed by atoms with Gasteiger partial charge in [0.15, 0.2) is 0 Å². The average molecular weight is 237 g/mol. The third-order valence-electron chi connectivity index (χ3n) is 2.28. The number of H-pyrrole nitrogens is 1. The molecule has 1 aromatic carbocycles. The molecular formula is C11H9ClN2O2. The number of pyridine rings is 1. The summed E-state index contributed by atoms with van der Waals surface area (Å²) in [7, 11) is 1.48. The smallest absolute Gasteiger partial charge is 0.261 e. The predicted molar refractivity (Wildman–Crippen MR) is 63.0 cm³/mol. The summed E-state index contributed by atoms with van der Waals surface area (Å²) in [6, 6.07) is 6.64. The summed E-state index contributed by atoms with van der Waals surface area (Å²) in [4.78, 5) is 25.6. The number of rotatable bonds is 1. The summed E-state index contributed by atoms with van der Waals surface area (Å²) in [5, 5.41) is 3.72. The topological polar surface area (TPSA) is 62.0 Å². The second kappa shape index (κ2) is 3.98. The highest BCUT2D eigenvalue weighted by atomic mass is 35.5. The van der Waals surface area contributed by atoms with E-state index in [0.717, 1.165) is 5.39 Å². The van der Waals surface area contributed by atoms with Gasteiger partial charge in [0, 0.05) is 17.6 Å². The summed E-state index contributed by atoms with van der Waals surface area (Å²) in [6.07, 6.45) is 0. The van der Waals surface area contributed by atoms with Gasteiger partial charge in [-0.05, 0) is 23.6 Å². The maximum atomic E-state index is 11.6. The molecule has 4 nitrogen and oxygen atoms in total. The molecule has 16 heavy (non-hydrogen) atoms. The zero-order valence-electron chi connectivity index (χ0n) is 8.50. The van der Waals surface area contributed by atoms with Gasteiger partial charge in [-0.15, -0.1) is 0 Å². The van der Waals surface area contributed by atoms with E-state index in [1.54, 1.807) is 24.3 Å². The van der Waals surface area contributed by atoms with Crippen molar-refractivity contribution in [2.45, 2.75) is 0 Å². The molecule has 0 aliphatic rings. The first-order valence-electron chi connectivity index (χ1n) is 4.66. The Morgan fingerprint density at radius 1 is 1.38 bits per heavy atom. The van der Waals surface area contributed by atoms with Gasteiger partial charge in [-0.3, -0.25) is 9.59 Å². The molecular weight excluding hydrogens is 228 g/mol. The van der Waals surface area contributed by atoms with Gasteiger partial charge in [0.05, 0.1) is 0 Å². The molecule has 2 aromatic rings. The Morgan fingerprint density at radius 2 is 2.12 bits per heavy atom. The van der Waals surface area contributed by atoms with Gasteiger partial charge in [-0.1, -0.05) is 17.7 Å². The lowest BCUT2D eigenvalue weighted by Gasteiger charge is -2.02. The van der Waals surface area contributed by atoms with Crippen LogP contribution in [0.1, 0.15) is 10.4 Å². The van der Waals surface area contributed by atoms with Gasteiger partial charge in [0.25, 0.3) is 11.5 Å². The molecule has 1 amide bonds. The van der Waals surface area contributed by atoms with E-state index < -0.39 is 11.5 Å². The van der Waals surface area contributed by atoms with Gasteiger partial charge in [-0.25, -0.2) is 0 Å². The number of carbonyl (C=O) groups excluding carboxylic acids is 1. The number of amides is 1. The quantitative estimate of drug-likeness (QED) is 0.789. The number of hydrogen-bond donors (Lipinski definition) is 2. The SMILES string of the molecule is CNC(=O)c1cc2ccc(Cl)cc2[nH]c1=O. The van der Waals surface area contributed by atoms with Gasteiger partial charge in [-0.2, -0.15) is 0 Å². The number of nitrogens with one attached hydrogen (secondary N) is 2. The van der Waals surface area contributed by atoms with E-state index in [4.69, 9.17) is 11.6 Å². The van der Waals surface area contributed by atoms with Gasteiger partial charge in [0.2, 0.25) is 0 Å². The van der Waals surface area contributed by atoms with Crippen molar-refractivity contribution in [1.82, 2.24) is 10.3 Å². The molecule has 2 rings (SSSR count). The molecule has 0 radical (unpaired) electrons. The van der Waals surface area contributed by atoms with Crippen LogP contribution in [0.3, 0.4) is 0 Å². The van der Waals surface area contributed by atoms with Crippen molar-refractivity contribution in [3.63, 3.8) is 0 Å². The van der Waals surface area contributed by atoms with E-state index >= 15 is 0 Å². The lowest BCUT2D eigenvalue weighted by atomic mass is 10.1. The number of benzene rings is 1. The highest BCUT2D eigenvalue weighted by molar-refractivity contribution is 6.31. The van der Waals surface area contributed by atoms with Crippen LogP contribution < -0.4 is 10.9 Å². The van der Waals surface area contributed by atoms with Crippen LogP contribution >= 0.6 is 11.6 Å². The maximum Gasteiger partial charge on any atom is 0.261 e. The molecule has 0 fully saturated rings. The van der Waals surface area contributed by atoms with Crippen molar-refractivity contribution < 1.29 is 4.79 Å². The number of fused-ring (bicyclic) bond motifs is 1. The van der Waals surface area contributed by atoms with Crippen molar-refractivity contribution in [2.75, 3.05) is 7.05 Å². The van der Waals surface area contributed by atoms with Gasteiger partial charge in [0.1, 0.15) is 5.56 Å². The minimum absolute atomic E-state index is 0.0947. The normalized spacial score (nSPS) is 10.4. The van der Waals surface area contributed by atoms with Crippen molar-refractivity contribution in [3.05, 3.63) is 45.2 Å². The molecule has 1 heterocycles. The lowest BCUT2D eigenvalue weighted by molar-refractivity contribution is 0.0962. The fraction of sp³-hybridized carbons (Fsp3) is 0.0909. The Labute approximate surface area is 96.2 Å². The first-order valence-corrected chi connectivity index (χ1v) is 5.04. The Hall–Kier alpha value is -1.81. The summed E-state index contributed by atoms with van der Waals surface area (Å²) in [5.41, 5.74) is 0.289. The Morgan fingerprint density at radius 3 is 2.81 bits per heavy atom. The molecule has 0 saturated heterocycles. The third-order valence-corrected chi connectivity index (χ3v) is 2.51. The van der Waals surface area contributed by atoms with Crippen LogP contribution in [0.15, 0.2) is 29.1 Å². The van der Waals surface area contributed by atoms with Crippen molar-refractivity contribution >= 4 is 28.4 Å². The van der Waals surface area contributed by atoms with Crippen LogP contribution in [0.4, 0.5) is 0 Å². The third kappa shape index (κ3) is 1.79. The van der Waals surface area contributed by atoms with Crippen molar-refractivity contribution in [3.8, 4) is 0 Å². The Balaban J connectivity index is 2.72. The standard InChI is InChI=1S/C11H9ClN2O2/c1-13-10(15)8-4-6-2-3-7(12)5-9(6)14-11(8)16/h2-5H,1H3,(H,13,15)(H,14,16). The number of halogens is 1. The number of carbonyl (C=O) groups is 1. The number of aromatic amines is 1. The first kappa shape index (κ1) is 10.7. The fourth-order valence-corrected chi connectivity index (χ4v) is 1.65. The van der Waals surface area contributed by atoms with Crippen molar-refractivity contribution in [2.24, 2.45) is 0 Å². The second-order valence-corrected chi connectivity index (χ2v) is 3.76. The number of hydrogen-bond acceptors (Lipinski definition) is 2. The maximum absolute atomic E-state index is 11.6. The molecule has 0 aliphatic carbocycles. The van der Waals surface area contributed by atoms with E-state index in [0.29, 0.717) is 10.5 Å². The van der Waals surface area contributed by atoms with Crippen LogP contribution in [-0.2, 0) is 0 Å². The van der Waals surface area contributed by atoms with E-state index in [1.165, 1.54) is 7.05 Å². The highest BCUT2D eigenvalue weighted by Crippen LogP contribution is 2.16. The predicted octanol–water partition coefficient (Wildman–Crippen LogP) is 1.54. The molecule has 0 aliphatic heterocycles. The molecule has 0 saturated carbocycles. The molecule has 5 heteroatoms. The summed E-state index contributed by atoms with van der Waals surface area (Å²) >= 11 is 5.80. The molecule has 82 valence electrons. The molecule has 0 unspecified atom stereocenters. The zero-order valence-corrected chi connectivity index (χ0v) is 9.26. The minimum atomic E-state index is -0.422. The fourth-order valence-electron chi connectivity index (χ4n) is 1.48. The van der Waals surface area contributed by atoms with Gasteiger partial charge < -0.3 is 10.3 Å². The van der Waals surface area contributed by atoms with E-state index in [2.05, 4.69) is 10.3 Å². The summed E-state index contributed by atoms with van der Waals surface area (Å²) < 4.78 is 0. The average Bonchev–Trinajstić information content (AvgIpc) is 2.27.